The molecule has 4 rings (SSSR count). The maximum atomic E-state index is 11.8. The van der Waals surface area contributed by atoms with Crippen LogP contribution in [0, 0.1) is 20.8 Å². The Kier molecular flexibility index (Phi) is 7.86. The Morgan fingerprint density at radius 3 is 2.40 bits per heavy atom. The molecule has 5 nitrogen and oxygen atoms in total. The summed E-state index contributed by atoms with van der Waals surface area (Å²) in [6, 6.07) is 12.9. The van der Waals surface area contributed by atoms with Crippen molar-refractivity contribution < 1.29 is 5.11 Å². The molecule has 2 heterocycles. The van der Waals surface area contributed by atoms with E-state index in [-0.39, 0.29) is 5.92 Å². The number of rotatable bonds is 11. The summed E-state index contributed by atoms with van der Waals surface area (Å²) in [5.41, 5.74) is 8.15. The van der Waals surface area contributed by atoms with E-state index in [1.807, 2.05) is 12.4 Å². The fraction of sp³-hybridized carbons (Fsp3) is 0.400. The van der Waals surface area contributed by atoms with Gasteiger partial charge in [0.15, 0.2) is 0 Å². The molecular weight excluding hydrogens is 432 g/mol. The minimum absolute atomic E-state index is 0.259. The van der Waals surface area contributed by atoms with Crippen LogP contribution < -0.4 is 0 Å². The molecule has 2 aromatic heterocycles. The van der Waals surface area contributed by atoms with Gasteiger partial charge >= 0.3 is 0 Å². The van der Waals surface area contributed by atoms with Crippen LogP contribution in [0.4, 0.5) is 0 Å². The van der Waals surface area contributed by atoms with Crippen LogP contribution in [0.2, 0.25) is 0 Å². The molecule has 5 heteroatoms. The molecule has 184 valence electrons. The second-order valence-electron chi connectivity index (χ2n) is 9.74. The minimum Gasteiger partial charge on any atom is -0.379 e. The summed E-state index contributed by atoms with van der Waals surface area (Å²) in [5, 5.41) is 11.8. The van der Waals surface area contributed by atoms with Gasteiger partial charge < -0.3 is 15.1 Å². The van der Waals surface area contributed by atoms with Gasteiger partial charge in [0.1, 0.15) is 5.60 Å². The lowest BCUT2D eigenvalue weighted by atomic mass is 9.81. The number of hydrogen-bond donors (Lipinski definition) is 3. The molecule has 0 radical (unpaired) electrons. The zero-order valence-electron chi connectivity index (χ0n) is 21.4. The normalized spacial score (nSPS) is 14.1. The van der Waals surface area contributed by atoms with Gasteiger partial charge in [-0.05, 0) is 79.8 Å². The molecule has 0 bridgehead atoms. The van der Waals surface area contributed by atoms with E-state index < -0.39 is 5.60 Å². The predicted octanol–water partition coefficient (Wildman–Crippen LogP) is 6.64. The van der Waals surface area contributed by atoms with E-state index in [0.29, 0.717) is 12.1 Å². The van der Waals surface area contributed by atoms with Crippen LogP contribution in [0.1, 0.15) is 89.7 Å². The SMILES string of the molecule is CCCCC(O)(c1c[nH]cn1)c1cccc(CCCC(c2c[nH]cn2)c2cccc(C)c2C)c1C. The molecule has 0 spiro atoms. The van der Waals surface area contributed by atoms with E-state index in [9.17, 15) is 5.11 Å². The van der Waals surface area contributed by atoms with Gasteiger partial charge in [-0.15, -0.1) is 0 Å². The topological polar surface area (TPSA) is 77.6 Å². The Morgan fingerprint density at radius 2 is 1.69 bits per heavy atom. The summed E-state index contributed by atoms with van der Waals surface area (Å²) < 4.78 is 0. The molecule has 0 fully saturated rings. The lowest BCUT2D eigenvalue weighted by molar-refractivity contribution is 0.0636. The number of H-pyrrole nitrogens is 2. The summed E-state index contributed by atoms with van der Waals surface area (Å²) in [4.78, 5) is 15.2. The van der Waals surface area contributed by atoms with Crippen LogP contribution in [0.15, 0.2) is 61.4 Å². The number of hydrogen-bond acceptors (Lipinski definition) is 3. The molecule has 3 N–H and O–H groups in total. The first-order chi connectivity index (χ1) is 17.0. The van der Waals surface area contributed by atoms with Gasteiger partial charge in [0.25, 0.3) is 0 Å². The number of unbranched alkanes of at least 4 members (excludes halogenated alkanes) is 1. The van der Waals surface area contributed by atoms with Crippen molar-refractivity contribution in [2.45, 2.75) is 77.7 Å². The van der Waals surface area contributed by atoms with E-state index in [1.54, 1.807) is 12.7 Å². The summed E-state index contributed by atoms with van der Waals surface area (Å²) in [7, 11) is 0. The fourth-order valence-corrected chi connectivity index (χ4v) is 5.30. The number of aryl methyl sites for hydroxylation is 2. The Hall–Kier alpha value is -3.18. The molecule has 4 aromatic rings. The Morgan fingerprint density at radius 1 is 0.914 bits per heavy atom. The monoisotopic (exact) mass is 470 g/mol. The molecule has 0 aliphatic carbocycles. The predicted molar refractivity (Wildman–Crippen MR) is 142 cm³/mol. The Labute approximate surface area is 209 Å². The van der Waals surface area contributed by atoms with Crippen LogP contribution >= 0.6 is 0 Å². The van der Waals surface area contributed by atoms with E-state index in [1.165, 1.54) is 22.3 Å². The largest absolute Gasteiger partial charge is 0.379 e. The van der Waals surface area contributed by atoms with Crippen LogP contribution in [-0.2, 0) is 12.0 Å². The van der Waals surface area contributed by atoms with Gasteiger partial charge in [0.2, 0.25) is 0 Å². The smallest absolute Gasteiger partial charge is 0.133 e. The maximum absolute atomic E-state index is 11.8. The molecule has 35 heavy (non-hydrogen) atoms. The van der Waals surface area contributed by atoms with Crippen LogP contribution in [0.5, 0.6) is 0 Å². The number of nitrogens with zero attached hydrogens (tertiary/aromatic N) is 2. The molecule has 0 saturated heterocycles. The van der Waals surface area contributed by atoms with Crippen molar-refractivity contribution in [3.05, 3.63) is 106 Å². The summed E-state index contributed by atoms with van der Waals surface area (Å²) in [5.74, 6) is 0.259. The van der Waals surface area contributed by atoms with Gasteiger partial charge in [-0.2, -0.15) is 0 Å². The average molecular weight is 471 g/mol. The highest BCUT2D eigenvalue weighted by Gasteiger charge is 2.34. The first-order valence-electron chi connectivity index (χ1n) is 12.8. The minimum atomic E-state index is -1.08. The maximum Gasteiger partial charge on any atom is 0.133 e. The zero-order chi connectivity index (χ0) is 24.8. The standard InChI is InChI=1S/C30H38N4O/c1-5-6-16-30(35,29-18-32-20-34-29)27-15-9-12-24(23(27)4)11-8-14-26(28-17-31-19-33-28)25-13-7-10-21(2)22(25)3/h7,9-10,12-13,15,17-20,26,35H,5-6,8,11,14,16H2,1-4H3,(H,31,33)(H,32,34). The molecule has 2 unspecified atom stereocenters. The van der Waals surface area contributed by atoms with Crippen LogP contribution in [0.3, 0.4) is 0 Å². The van der Waals surface area contributed by atoms with Gasteiger partial charge in [0.05, 0.1) is 24.0 Å². The molecule has 0 aliphatic rings. The number of imidazole rings is 2. The Balaban J connectivity index is 1.57. The zero-order valence-corrected chi connectivity index (χ0v) is 21.4. The van der Waals surface area contributed by atoms with Gasteiger partial charge in [0, 0.05) is 18.3 Å². The summed E-state index contributed by atoms with van der Waals surface area (Å²) in [6.07, 6.45) is 12.9. The molecule has 2 atom stereocenters. The van der Waals surface area contributed by atoms with Gasteiger partial charge in [-0.1, -0.05) is 56.2 Å². The lowest BCUT2D eigenvalue weighted by Crippen LogP contribution is -2.29. The van der Waals surface area contributed by atoms with Crippen molar-refractivity contribution in [1.82, 2.24) is 19.9 Å². The van der Waals surface area contributed by atoms with E-state index in [0.717, 1.165) is 48.9 Å². The number of aliphatic hydroxyl groups is 1. The van der Waals surface area contributed by atoms with Gasteiger partial charge in [-0.3, -0.25) is 0 Å². The second kappa shape index (κ2) is 11.0. The highest BCUT2D eigenvalue weighted by molar-refractivity contribution is 5.42. The third-order valence-electron chi connectivity index (χ3n) is 7.54. The van der Waals surface area contributed by atoms with Crippen molar-refractivity contribution in [2.75, 3.05) is 0 Å². The molecule has 0 amide bonds. The summed E-state index contributed by atoms with van der Waals surface area (Å²) in [6.45, 7) is 8.68. The van der Waals surface area contributed by atoms with Crippen molar-refractivity contribution in [2.24, 2.45) is 0 Å². The van der Waals surface area contributed by atoms with E-state index >= 15 is 0 Å². The first-order valence-corrected chi connectivity index (χ1v) is 12.8. The number of nitrogens with one attached hydrogen (secondary N) is 2. The highest BCUT2D eigenvalue weighted by atomic mass is 16.3. The van der Waals surface area contributed by atoms with Crippen LogP contribution in [0.25, 0.3) is 0 Å². The van der Waals surface area contributed by atoms with Crippen molar-refractivity contribution in [3.8, 4) is 0 Å². The Bertz CT molecular complexity index is 1210. The number of benzene rings is 2. The van der Waals surface area contributed by atoms with Crippen molar-refractivity contribution >= 4 is 0 Å². The van der Waals surface area contributed by atoms with Gasteiger partial charge in [-0.25, -0.2) is 9.97 Å². The molecule has 0 saturated carbocycles. The number of aromatic nitrogens is 4. The second-order valence-corrected chi connectivity index (χ2v) is 9.74. The van der Waals surface area contributed by atoms with E-state index in [4.69, 9.17) is 0 Å². The molecule has 0 aliphatic heterocycles. The van der Waals surface area contributed by atoms with E-state index in [2.05, 4.69) is 84.0 Å². The quantitative estimate of drug-likeness (QED) is 0.230. The molecule has 2 aromatic carbocycles. The lowest BCUT2D eigenvalue weighted by Gasteiger charge is -2.29. The van der Waals surface area contributed by atoms with Crippen molar-refractivity contribution in [3.63, 3.8) is 0 Å². The highest BCUT2D eigenvalue weighted by Crippen LogP contribution is 2.37. The van der Waals surface area contributed by atoms with Crippen LogP contribution in [-0.4, -0.2) is 25.0 Å². The third kappa shape index (κ3) is 5.25. The average Bonchev–Trinajstić information content (AvgIpc) is 3.58. The first kappa shape index (κ1) is 24.9. The van der Waals surface area contributed by atoms with Crippen molar-refractivity contribution in [1.29, 1.82) is 0 Å². The third-order valence-corrected chi connectivity index (χ3v) is 7.54. The molecular formula is C30H38N4O. The fourth-order valence-electron chi connectivity index (χ4n) is 5.30. The summed E-state index contributed by atoms with van der Waals surface area (Å²) >= 11 is 0. The number of aromatic amines is 2.